The van der Waals surface area contributed by atoms with E-state index in [4.69, 9.17) is 9.47 Å². The summed E-state index contributed by atoms with van der Waals surface area (Å²) in [5.41, 5.74) is 4.03. The second kappa shape index (κ2) is 7.86. The first-order valence-electron chi connectivity index (χ1n) is 8.08. The maximum atomic E-state index is 12.8. The van der Waals surface area contributed by atoms with Crippen molar-refractivity contribution in [3.63, 3.8) is 0 Å². The van der Waals surface area contributed by atoms with Crippen molar-refractivity contribution < 1.29 is 14.3 Å². The molecular formula is C20H25NO3. The standard InChI is InChI=1S/C20H25NO3/c1-6-21(17-9-7-8-14(2)10-17)20(22)13-16-12-19(24-5)18(23-4)11-15(16)3/h7-12H,6,13H2,1-5H3. The van der Waals surface area contributed by atoms with E-state index in [2.05, 4.69) is 0 Å². The molecule has 0 heterocycles. The molecule has 0 saturated heterocycles. The Morgan fingerprint density at radius 2 is 1.71 bits per heavy atom. The summed E-state index contributed by atoms with van der Waals surface area (Å²) in [7, 11) is 3.21. The average Bonchev–Trinajstić information content (AvgIpc) is 2.57. The number of methoxy groups -OCH3 is 2. The number of carbonyl (C=O) groups excluding carboxylic acids is 1. The van der Waals surface area contributed by atoms with Crippen molar-refractivity contribution in [2.24, 2.45) is 0 Å². The summed E-state index contributed by atoms with van der Waals surface area (Å²) in [4.78, 5) is 14.6. The first-order chi connectivity index (χ1) is 11.5. The zero-order chi connectivity index (χ0) is 17.7. The van der Waals surface area contributed by atoms with Gasteiger partial charge in [-0.1, -0.05) is 12.1 Å². The molecule has 0 spiro atoms. The SMILES string of the molecule is CCN(C(=O)Cc1cc(OC)c(OC)cc1C)c1cccc(C)c1. The van der Waals surface area contributed by atoms with Gasteiger partial charge in [-0.3, -0.25) is 4.79 Å². The lowest BCUT2D eigenvalue weighted by Gasteiger charge is -2.22. The van der Waals surface area contributed by atoms with Crippen molar-refractivity contribution in [2.45, 2.75) is 27.2 Å². The molecule has 128 valence electrons. The number of aryl methyl sites for hydroxylation is 2. The Morgan fingerprint density at radius 1 is 1.04 bits per heavy atom. The molecular weight excluding hydrogens is 302 g/mol. The predicted molar refractivity (Wildman–Crippen MR) is 97.2 cm³/mol. The number of hydrogen-bond donors (Lipinski definition) is 0. The van der Waals surface area contributed by atoms with E-state index < -0.39 is 0 Å². The fourth-order valence-electron chi connectivity index (χ4n) is 2.77. The van der Waals surface area contributed by atoms with Crippen molar-refractivity contribution in [1.29, 1.82) is 0 Å². The molecule has 4 nitrogen and oxygen atoms in total. The van der Waals surface area contributed by atoms with Crippen LogP contribution in [0.25, 0.3) is 0 Å². The van der Waals surface area contributed by atoms with Crippen LogP contribution in [-0.2, 0) is 11.2 Å². The fraction of sp³-hybridized carbons (Fsp3) is 0.350. The van der Waals surface area contributed by atoms with Crippen LogP contribution in [0.1, 0.15) is 23.6 Å². The molecule has 4 heteroatoms. The van der Waals surface area contributed by atoms with E-state index in [0.717, 1.165) is 22.4 Å². The van der Waals surface area contributed by atoms with Gasteiger partial charge in [0.05, 0.1) is 20.6 Å². The van der Waals surface area contributed by atoms with Crippen LogP contribution in [0.5, 0.6) is 11.5 Å². The molecule has 0 N–H and O–H groups in total. The molecule has 0 aromatic heterocycles. The van der Waals surface area contributed by atoms with E-state index in [1.165, 1.54) is 0 Å². The minimum absolute atomic E-state index is 0.0680. The topological polar surface area (TPSA) is 38.8 Å². The van der Waals surface area contributed by atoms with Crippen LogP contribution in [-0.4, -0.2) is 26.7 Å². The van der Waals surface area contributed by atoms with Crippen LogP contribution in [0.2, 0.25) is 0 Å². The van der Waals surface area contributed by atoms with E-state index in [1.54, 1.807) is 14.2 Å². The first kappa shape index (κ1) is 17.9. The number of ether oxygens (including phenoxy) is 2. The zero-order valence-corrected chi connectivity index (χ0v) is 15.1. The Kier molecular flexibility index (Phi) is 5.85. The number of nitrogens with zero attached hydrogens (tertiary/aromatic N) is 1. The highest BCUT2D eigenvalue weighted by atomic mass is 16.5. The van der Waals surface area contributed by atoms with Crippen LogP contribution in [0.15, 0.2) is 36.4 Å². The molecule has 2 aromatic carbocycles. The fourth-order valence-corrected chi connectivity index (χ4v) is 2.77. The van der Waals surface area contributed by atoms with Crippen molar-refractivity contribution in [2.75, 3.05) is 25.7 Å². The maximum absolute atomic E-state index is 12.8. The minimum atomic E-state index is 0.0680. The summed E-state index contributed by atoms with van der Waals surface area (Å²) in [5.74, 6) is 1.39. The largest absolute Gasteiger partial charge is 0.493 e. The quantitative estimate of drug-likeness (QED) is 0.807. The second-order valence-electron chi connectivity index (χ2n) is 5.79. The van der Waals surface area contributed by atoms with E-state index in [0.29, 0.717) is 24.5 Å². The predicted octanol–water partition coefficient (Wildman–Crippen LogP) is 3.92. The van der Waals surface area contributed by atoms with E-state index >= 15 is 0 Å². The van der Waals surface area contributed by atoms with Gasteiger partial charge in [0.1, 0.15) is 0 Å². The molecule has 0 aliphatic rings. The summed E-state index contributed by atoms with van der Waals surface area (Å²) >= 11 is 0. The molecule has 0 saturated carbocycles. The summed E-state index contributed by atoms with van der Waals surface area (Å²) in [6, 6.07) is 11.8. The van der Waals surface area contributed by atoms with Crippen molar-refractivity contribution in [1.82, 2.24) is 0 Å². The van der Waals surface area contributed by atoms with E-state index in [-0.39, 0.29) is 5.91 Å². The van der Waals surface area contributed by atoms with E-state index in [9.17, 15) is 4.79 Å². The number of amides is 1. The average molecular weight is 327 g/mol. The Bertz CT molecular complexity index is 725. The van der Waals surface area contributed by atoms with Crippen LogP contribution in [0.4, 0.5) is 5.69 Å². The second-order valence-corrected chi connectivity index (χ2v) is 5.79. The summed E-state index contributed by atoms with van der Waals surface area (Å²) in [6.45, 7) is 6.63. The molecule has 0 aliphatic heterocycles. The van der Waals surface area contributed by atoms with Gasteiger partial charge in [0, 0.05) is 12.2 Å². The lowest BCUT2D eigenvalue weighted by Crippen LogP contribution is -2.32. The molecule has 2 aromatic rings. The summed E-state index contributed by atoms with van der Waals surface area (Å²) < 4.78 is 10.7. The molecule has 0 radical (unpaired) electrons. The molecule has 0 aliphatic carbocycles. The number of rotatable bonds is 6. The van der Waals surface area contributed by atoms with Crippen LogP contribution in [0, 0.1) is 13.8 Å². The monoisotopic (exact) mass is 327 g/mol. The smallest absolute Gasteiger partial charge is 0.231 e. The Balaban J connectivity index is 2.27. The molecule has 24 heavy (non-hydrogen) atoms. The van der Waals surface area contributed by atoms with Gasteiger partial charge in [-0.15, -0.1) is 0 Å². The highest BCUT2D eigenvalue weighted by Gasteiger charge is 2.17. The number of benzene rings is 2. The highest BCUT2D eigenvalue weighted by molar-refractivity contribution is 5.95. The van der Waals surface area contributed by atoms with Crippen molar-refractivity contribution >= 4 is 11.6 Å². The normalized spacial score (nSPS) is 10.4. The molecule has 2 rings (SSSR count). The maximum Gasteiger partial charge on any atom is 0.231 e. The van der Waals surface area contributed by atoms with Gasteiger partial charge >= 0.3 is 0 Å². The van der Waals surface area contributed by atoms with Gasteiger partial charge in [-0.2, -0.15) is 0 Å². The Morgan fingerprint density at radius 3 is 2.29 bits per heavy atom. The van der Waals surface area contributed by atoms with E-state index in [1.807, 2.05) is 62.1 Å². The third-order valence-corrected chi connectivity index (χ3v) is 4.11. The third-order valence-electron chi connectivity index (χ3n) is 4.11. The number of hydrogen-bond acceptors (Lipinski definition) is 3. The molecule has 0 bridgehead atoms. The lowest BCUT2D eigenvalue weighted by atomic mass is 10.0. The van der Waals surface area contributed by atoms with Crippen molar-refractivity contribution in [3.8, 4) is 11.5 Å². The van der Waals surface area contributed by atoms with Gasteiger partial charge in [0.15, 0.2) is 11.5 Å². The molecule has 0 unspecified atom stereocenters. The first-order valence-corrected chi connectivity index (χ1v) is 8.08. The van der Waals surface area contributed by atoms with Crippen molar-refractivity contribution in [3.05, 3.63) is 53.1 Å². The van der Waals surface area contributed by atoms with Gasteiger partial charge in [0.2, 0.25) is 5.91 Å². The Labute approximate surface area is 144 Å². The van der Waals surface area contributed by atoms with Crippen LogP contribution in [0.3, 0.4) is 0 Å². The highest BCUT2D eigenvalue weighted by Crippen LogP contribution is 2.31. The molecule has 0 fully saturated rings. The minimum Gasteiger partial charge on any atom is -0.493 e. The summed E-state index contributed by atoms with van der Waals surface area (Å²) in [5, 5.41) is 0. The molecule has 0 atom stereocenters. The van der Waals surface area contributed by atoms with Gasteiger partial charge in [-0.25, -0.2) is 0 Å². The molecule has 1 amide bonds. The number of carbonyl (C=O) groups is 1. The van der Waals surface area contributed by atoms with Gasteiger partial charge in [0.25, 0.3) is 0 Å². The van der Waals surface area contributed by atoms with Crippen LogP contribution < -0.4 is 14.4 Å². The van der Waals surface area contributed by atoms with Gasteiger partial charge in [-0.05, 0) is 61.7 Å². The Hall–Kier alpha value is -2.49. The van der Waals surface area contributed by atoms with Crippen LogP contribution >= 0.6 is 0 Å². The zero-order valence-electron chi connectivity index (χ0n) is 15.1. The summed E-state index contributed by atoms with van der Waals surface area (Å²) in [6.07, 6.45) is 0.327. The lowest BCUT2D eigenvalue weighted by molar-refractivity contribution is -0.117. The van der Waals surface area contributed by atoms with Gasteiger partial charge < -0.3 is 14.4 Å². The number of anilines is 1. The number of likely N-dealkylation sites (N-methyl/N-ethyl adjacent to an activating group) is 1. The third kappa shape index (κ3) is 3.88.